The number of benzene rings is 2. The average molecular weight is 431 g/mol. The monoisotopic (exact) mass is 430 g/mol. The number of hydrogen-bond acceptors (Lipinski definition) is 6. The van der Waals surface area contributed by atoms with Gasteiger partial charge in [-0.25, -0.2) is 0 Å². The van der Waals surface area contributed by atoms with Gasteiger partial charge in [0.05, 0.1) is 14.2 Å². The molecule has 0 aliphatic rings. The number of nitrogens with one attached hydrogen (secondary N) is 2. The lowest BCUT2D eigenvalue weighted by Gasteiger charge is -2.09. The first-order valence-corrected chi connectivity index (χ1v) is 11.3. The van der Waals surface area contributed by atoms with Crippen LogP contribution in [-0.4, -0.2) is 37.5 Å². The Labute approximate surface area is 186 Å². The minimum Gasteiger partial charge on any atom is -0.504 e. The normalized spacial score (nSPS) is 10.9. The molecule has 0 aliphatic carbocycles. The van der Waals surface area contributed by atoms with Crippen LogP contribution in [0.2, 0.25) is 0 Å². The van der Waals surface area contributed by atoms with Crippen LogP contribution in [0.4, 0.5) is 0 Å². The van der Waals surface area contributed by atoms with Crippen LogP contribution in [0.25, 0.3) is 0 Å². The predicted octanol–water partition coefficient (Wildman–Crippen LogP) is 4.73. The molecule has 0 saturated carbocycles. The summed E-state index contributed by atoms with van der Waals surface area (Å²) < 4.78 is 10.3. The molecular weight excluding hydrogens is 392 g/mol. The Kier molecular flexibility index (Phi) is 11.6. The number of hydrogen-bond donors (Lipinski definition) is 4. The molecule has 0 radical (unpaired) electrons. The summed E-state index contributed by atoms with van der Waals surface area (Å²) in [5, 5.41) is 26.1. The maximum Gasteiger partial charge on any atom is 0.160 e. The van der Waals surface area contributed by atoms with E-state index in [4.69, 9.17) is 9.47 Å². The van der Waals surface area contributed by atoms with Gasteiger partial charge in [-0.15, -0.1) is 0 Å². The van der Waals surface area contributed by atoms with Gasteiger partial charge in [0.1, 0.15) is 0 Å². The molecule has 0 aromatic heterocycles. The summed E-state index contributed by atoms with van der Waals surface area (Å²) in [5.41, 5.74) is 2.24. The highest BCUT2D eigenvalue weighted by Gasteiger charge is 2.03. The zero-order chi connectivity index (χ0) is 22.3. The van der Waals surface area contributed by atoms with Gasteiger partial charge in [0.25, 0.3) is 0 Å². The molecule has 0 bridgehead atoms. The summed E-state index contributed by atoms with van der Waals surface area (Å²) in [4.78, 5) is 0. The fourth-order valence-electron chi connectivity index (χ4n) is 3.51. The fourth-order valence-corrected chi connectivity index (χ4v) is 3.51. The molecule has 6 heteroatoms. The second kappa shape index (κ2) is 14.5. The minimum absolute atomic E-state index is 0.181. The summed E-state index contributed by atoms with van der Waals surface area (Å²) in [6, 6.07) is 10.9. The van der Waals surface area contributed by atoms with Gasteiger partial charge in [0.2, 0.25) is 0 Å². The largest absolute Gasteiger partial charge is 0.504 e. The van der Waals surface area contributed by atoms with Crippen LogP contribution in [-0.2, 0) is 13.1 Å². The van der Waals surface area contributed by atoms with Crippen LogP contribution >= 0.6 is 0 Å². The molecule has 4 N–H and O–H groups in total. The number of phenolic OH excluding ortho intramolecular Hbond substituents is 2. The predicted molar refractivity (Wildman–Crippen MR) is 125 cm³/mol. The van der Waals surface area contributed by atoms with Crippen molar-refractivity contribution in [2.75, 3.05) is 27.3 Å². The molecule has 6 nitrogen and oxygen atoms in total. The molecule has 2 rings (SSSR count). The SMILES string of the molecule is COc1cc(CNCCCCCCCCCNCc2ccc(O)c(OC)c2)ccc1O. The van der Waals surface area contributed by atoms with Crippen LogP contribution < -0.4 is 20.1 Å². The van der Waals surface area contributed by atoms with E-state index in [-0.39, 0.29) is 11.5 Å². The van der Waals surface area contributed by atoms with Gasteiger partial charge in [-0.05, 0) is 61.3 Å². The van der Waals surface area contributed by atoms with Crippen LogP contribution in [0.3, 0.4) is 0 Å². The Hall–Kier alpha value is -2.44. The topological polar surface area (TPSA) is 83.0 Å². The highest BCUT2D eigenvalue weighted by atomic mass is 16.5. The first kappa shape index (κ1) is 24.8. The molecule has 2 aromatic carbocycles. The zero-order valence-corrected chi connectivity index (χ0v) is 19.0. The standard InChI is InChI=1S/C25H38N2O4/c1-30-24-16-20(10-12-22(24)28)18-26-14-8-6-4-3-5-7-9-15-27-19-21-11-13-23(29)25(17-21)31-2/h10-13,16-17,26-29H,3-9,14-15,18-19H2,1-2H3. The summed E-state index contributed by atoms with van der Waals surface area (Å²) in [5.74, 6) is 1.41. The molecule has 2 aromatic rings. The number of rotatable bonds is 16. The molecular formula is C25H38N2O4. The Morgan fingerprint density at radius 3 is 1.39 bits per heavy atom. The van der Waals surface area contributed by atoms with Gasteiger partial charge in [0.15, 0.2) is 23.0 Å². The van der Waals surface area contributed by atoms with E-state index in [0.717, 1.165) is 37.3 Å². The van der Waals surface area contributed by atoms with E-state index in [0.29, 0.717) is 11.5 Å². The van der Waals surface area contributed by atoms with Crippen LogP contribution in [0.15, 0.2) is 36.4 Å². The minimum atomic E-state index is 0.181. The van der Waals surface area contributed by atoms with E-state index in [2.05, 4.69) is 10.6 Å². The van der Waals surface area contributed by atoms with Crippen LogP contribution in [0, 0.1) is 0 Å². The van der Waals surface area contributed by atoms with Crippen molar-refractivity contribution in [2.45, 2.75) is 58.0 Å². The molecule has 0 atom stereocenters. The van der Waals surface area contributed by atoms with E-state index in [9.17, 15) is 10.2 Å². The number of methoxy groups -OCH3 is 2. The molecule has 0 aliphatic heterocycles. The van der Waals surface area contributed by atoms with Crippen molar-refractivity contribution in [3.8, 4) is 23.0 Å². The van der Waals surface area contributed by atoms with Gasteiger partial charge in [-0.2, -0.15) is 0 Å². The third-order valence-electron chi connectivity index (χ3n) is 5.35. The van der Waals surface area contributed by atoms with Crippen molar-refractivity contribution < 1.29 is 19.7 Å². The van der Waals surface area contributed by atoms with E-state index < -0.39 is 0 Å². The van der Waals surface area contributed by atoms with Gasteiger partial charge in [-0.3, -0.25) is 0 Å². The first-order valence-electron chi connectivity index (χ1n) is 11.3. The highest BCUT2D eigenvalue weighted by molar-refractivity contribution is 5.42. The maximum atomic E-state index is 9.62. The van der Waals surface area contributed by atoms with Crippen molar-refractivity contribution >= 4 is 0 Å². The van der Waals surface area contributed by atoms with Crippen LogP contribution in [0.5, 0.6) is 23.0 Å². The van der Waals surface area contributed by atoms with Crippen molar-refractivity contribution in [2.24, 2.45) is 0 Å². The molecule has 0 saturated heterocycles. The van der Waals surface area contributed by atoms with Crippen molar-refractivity contribution in [3.05, 3.63) is 47.5 Å². The highest BCUT2D eigenvalue weighted by Crippen LogP contribution is 2.27. The maximum absolute atomic E-state index is 9.62. The second-order valence-electron chi connectivity index (χ2n) is 7.84. The molecule has 0 spiro atoms. The second-order valence-corrected chi connectivity index (χ2v) is 7.84. The molecule has 0 amide bonds. The third-order valence-corrected chi connectivity index (χ3v) is 5.35. The van der Waals surface area contributed by atoms with Gasteiger partial charge >= 0.3 is 0 Å². The quantitative estimate of drug-likeness (QED) is 0.288. The number of aromatic hydroxyl groups is 2. The summed E-state index contributed by atoms with van der Waals surface area (Å²) in [6.45, 7) is 3.60. The molecule has 0 unspecified atom stereocenters. The summed E-state index contributed by atoms with van der Waals surface area (Å²) in [7, 11) is 3.14. The molecule has 0 heterocycles. The number of ether oxygens (including phenoxy) is 2. The van der Waals surface area contributed by atoms with Gasteiger partial charge < -0.3 is 30.3 Å². The smallest absolute Gasteiger partial charge is 0.160 e. The Bertz CT molecular complexity index is 704. The average Bonchev–Trinajstić information content (AvgIpc) is 2.78. The van der Waals surface area contributed by atoms with E-state index in [1.165, 1.54) is 44.9 Å². The first-order chi connectivity index (χ1) is 15.1. The van der Waals surface area contributed by atoms with Crippen molar-refractivity contribution in [1.29, 1.82) is 0 Å². The summed E-state index contributed by atoms with van der Waals surface area (Å²) in [6.07, 6.45) is 8.76. The van der Waals surface area contributed by atoms with Gasteiger partial charge in [-0.1, -0.05) is 44.2 Å². The van der Waals surface area contributed by atoms with E-state index in [1.807, 2.05) is 24.3 Å². The zero-order valence-electron chi connectivity index (χ0n) is 19.0. The van der Waals surface area contributed by atoms with Crippen LogP contribution in [0.1, 0.15) is 56.1 Å². The molecule has 31 heavy (non-hydrogen) atoms. The lowest BCUT2D eigenvalue weighted by molar-refractivity contribution is 0.372. The van der Waals surface area contributed by atoms with Gasteiger partial charge in [0, 0.05) is 13.1 Å². The Balaban J connectivity index is 1.40. The van der Waals surface area contributed by atoms with Crippen molar-refractivity contribution in [3.63, 3.8) is 0 Å². The fraction of sp³-hybridized carbons (Fsp3) is 0.520. The van der Waals surface area contributed by atoms with Crippen molar-refractivity contribution in [1.82, 2.24) is 10.6 Å². The number of phenols is 2. The number of unbranched alkanes of at least 4 members (excludes halogenated alkanes) is 6. The lowest BCUT2D eigenvalue weighted by atomic mass is 10.1. The molecule has 172 valence electrons. The van der Waals surface area contributed by atoms with E-state index in [1.54, 1.807) is 26.4 Å². The molecule has 0 fully saturated rings. The Morgan fingerprint density at radius 1 is 0.613 bits per heavy atom. The van der Waals surface area contributed by atoms with E-state index >= 15 is 0 Å². The third kappa shape index (κ3) is 9.49. The lowest BCUT2D eigenvalue weighted by Crippen LogP contribution is -2.14. The summed E-state index contributed by atoms with van der Waals surface area (Å²) >= 11 is 0. The Morgan fingerprint density at radius 2 is 1.00 bits per heavy atom.